The van der Waals surface area contributed by atoms with E-state index < -0.39 is 28.9 Å². The summed E-state index contributed by atoms with van der Waals surface area (Å²) in [5.41, 5.74) is 5.35. The van der Waals surface area contributed by atoms with Crippen LogP contribution in [0.3, 0.4) is 0 Å². The van der Waals surface area contributed by atoms with E-state index in [4.69, 9.17) is 17.3 Å². The van der Waals surface area contributed by atoms with E-state index >= 15 is 0 Å². The highest BCUT2D eigenvalue weighted by Gasteiger charge is 2.33. The van der Waals surface area contributed by atoms with Crippen LogP contribution in [0.2, 0.25) is 5.02 Å². The maximum Gasteiger partial charge on any atom is 0.417 e. The molecule has 116 valence electrons. The Labute approximate surface area is 127 Å². The molecule has 0 aliphatic heterocycles. The van der Waals surface area contributed by atoms with Gasteiger partial charge in [0.1, 0.15) is 0 Å². The van der Waals surface area contributed by atoms with Gasteiger partial charge in [-0.05, 0) is 23.6 Å². The van der Waals surface area contributed by atoms with Gasteiger partial charge >= 0.3 is 6.18 Å². The first-order chi connectivity index (χ1) is 8.68. The summed E-state index contributed by atoms with van der Waals surface area (Å²) in [6, 6.07) is 2.56. The van der Waals surface area contributed by atoms with Gasteiger partial charge in [0.2, 0.25) is 0 Å². The zero-order chi connectivity index (χ0) is 14.8. The Bertz CT molecular complexity index is 440. The summed E-state index contributed by atoms with van der Waals surface area (Å²) in [5.74, 6) is -0.0453. The second-order valence-corrected chi connectivity index (χ2v) is 5.05. The van der Waals surface area contributed by atoms with Gasteiger partial charge in [0.05, 0.1) is 22.7 Å². The summed E-state index contributed by atoms with van der Waals surface area (Å²) >= 11 is 5.62. The van der Waals surface area contributed by atoms with Crippen LogP contribution in [-0.2, 0) is 6.18 Å². The van der Waals surface area contributed by atoms with E-state index in [2.05, 4.69) is 0 Å². The number of aliphatic hydroxyl groups is 1. The van der Waals surface area contributed by atoms with Crippen molar-refractivity contribution in [3.8, 4) is 0 Å². The van der Waals surface area contributed by atoms with Crippen molar-refractivity contribution in [1.29, 1.82) is 0 Å². The number of nitrogens with two attached hydrogens (primary N) is 1. The lowest BCUT2D eigenvalue weighted by Crippen LogP contribution is -2.31. The lowest BCUT2D eigenvalue weighted by Gasteiger charge is -2.24. The summed E-state index contributed by atoms with van der Waals surface area (Å²) in [5, 5.41) is 9.56. The van der Waals surface area contributed by atoms with Crippen molar-refractivity contribution in [3.63, 3.8) is 0 Å². The zero-order valence-corrected chi connectivity index (χ0v) is 12.7. The first kappa shape index (κ1) is 19.5. The van der Waals surface area contributed by atoms with Gasteiger partial charge < -0.3 is 10.8 Å². The molecule has 0 amide bonds. The molecule has 2 nitrogen and oxygen atoms in total. The van der Waals surface area contributed by atoms with E-state index in [9.17, 15) is 18.3 Å². The summed E-state index contributed by atoms with van der Waals surface area (Å²) in [6.45, 7) is 3.73. The van der Waals surface area contributed by atoms with Crippen LogP contribution in [0.15, 0.2) is 18.2 Å². The molecule has 7 heteroatoms. The van der Waals surface area contributed by atoms with Gasteiger partial charge in [0.15, 0.2) is 0 Å². The average Bonchev–Trinajstić information content (AvgIpc) is 2.34. The number of rotatable bonds is 4. The van der Waals surface area contributed by atoms with E-state index in [1.165, 1.54) is 12.1 Å². The Hall–Kier alpha value is -0.490. The standard InChI is InChI=1S/C13H17ClF3NO.ClH/c1-3-7(2)12(19)11(18)8-4-5-9(10(14)6-8)13(15,16)17;/h4-7,11-12,19H,3,18H2,1-2H3;1H/t7?,11-,12+;/m0./s1. The molecule has 0 spiro atoms. The van der Waals surface area contributed by atoms with Crippen LogP contribution in [0.1, 0.15) is 37.4 Å². The summed E-state index contributed by atoms with van der Waals surface area (Å²) in [4.78, 5) is 0. The quantitative estimate of drug-likeness (QED) is 0.869. The molecule has 1 aromatic rings. The van der Waals surface area contributed by atoms with Crippen molar-refractivity contribution in [2.24, 2.45) is 11.7 Å². The van der Waals surface area contributed by atoms with Crippen molar-refractivity contribution >= 4 is 24.0 Å². The summed E-state index contributed by atoms with van der Waals surface area (Å²) in [7, 11) is 0. The minimum absolute atomic E-state index is 0. The molecule has 0 fully saturated rings. The molecule has 1 rings (SSSR count). The number of halogens is 5. The highest BCUT2D eigenvalue weighted by atomic mass is 35.5. The number of hydrogen-bond donors (Lipinski definition) is 2. The molecule has 3 atom stereocenters. The molecule has 0 bridgehead atoms. The fourth-order valence-corrected chi connectivity index (χ4v) is 2.06. The van der Waals surface area contributed by atoms with Gasteiger partial charge in [-0.3, -0.25) is 0 Å². The second-order valence-electron chi connectivity index (χ2n) is 4.64. The minimum atomic E-state index is -4.49. The largest absolute Gasteiger partial charge is 0.417 e. The van der Waals surface area contributed by atoms with Gasteiger partial charge in [0, 0.05) is 0 Å². The summed E-state index contributed by atoms with van der Waals surface area (Å²) in [6.07, 6.45) is -4.59. The van der Waals surface area contributed by atoms with Crippen molar-refractivity contribution in [1.82, 2.24) is 0 Å². The summed E-state index contributed by atoms with van der Waals surface area (Å²) < 4.78 is 37.7. The predicted molar refractivity (Wildman–Crippen MR) is 76.1 cm³/mol. The van der Waals surface area contributed by atoms with Crippen LogP contribution >= 0.6 is 24.0 Å². The molecule has 0 saturated heterocycles. The maximum absolute atomic E-state index is 12.6. The highest BCUT2D eigenvalue weighted by molar-refractivity contribution is 6.31. The third-order valence-corrected chi connectivity index (χ3v) is 3.59. The monoisotopic (exact) mass is 331 g/mol. The molecule has 1 aromatic carbocycles. The van der Waals surface area contributed by atoms with Gasteiger partial charge in [-0.1, -0.05) is 37.9 Å². The first-order valence-corrected chi connectivity index (χ1v) is 6.36. The molecule has 0 saturated carbocycles. The van der Waals surface area contributed by atoms with Crippen molar-refractivity contribution in [3.05, 3.63) is 34.3 Å². The second kappa shape index (κ2) is 7.50. The van der Waals surface area contributed by atoms with Crippen LogP contribution in [0.5, 0.6) is 0 Å². The van der Waals surface area contributed by atoms with E-state index in [1.54, 1.807) is 0 Å². The Morgan fingerprint density at radius 2 is 1.90 bits per heavy atom. The van der Waals surface area contributed by atoms with E-state index in [0.717, 1.165) is 12.5 Å². The van der Waals surface area contributed by atoms with Crippen LogP contribution in [0.25, 0.3) is 0 Å². The van der Waals surface area contributed by atoms with Crippen molar-refractivity contribution in [2.75, 3.05) is 0 Å². The van der Waals surface area contributed by atoms with Crippen LogP contribution in [0.4, 0.5) is 13.2 Å². The molecule has 0 radical (unpaired) electrons. The molecule has 0 aliphatic rings. The number of benzene rings is 1. The molecule has 0 heterocycles. The highest BCUT2D eigenvalue weighted by Crippen LogP contribution is 2.36. The van der Waals surface area contributed by atoms with E-state index in [-0.39, 0.29) is 18.3 Å². The van der Waals surface area contributed by atoms with Crippen LogP contribution < -0.4 is 5.73 Å². The number of hydrogen-bond acceptors (Lipinski definition) is 2. The first-order valence-electron chi connectivity index (χ1n) is 5.98. The molecular weight excluding hydrogens is 314 g/mol. The fourth-order valence-electron chi connectivity index (χ4n) is 1.76. The Balaban J connectivity index is 0.00000361. The molecule has 0 aromatic heterocycles. The van der Waals surface area contributed by atoms with Crippen molar-refractivity contribution in [2.45, 2.75) is 38.6 Å². The Kier molecular flexibility index (Phi) is 7.32. The molecule has 3 N–H and O–H groups in total. The van der Waals surface area contributed by atoms with Gasteiger partial charge in [-0.25, -0.2) is 0 Å². The number of aliphatic hydroxyl groups excluding tert-OH is 1. The fraction of sp³-hybridized carbons (Fsp3) is 0.538. The predicted octanol–water partition coefficient (Wildman–Crippen LogP) is 4.19. The Morgan fingerprint density at radius 1 is 1.35 bits per heavy atom. The van der Waals surface area contributed by atoms with Gasteiger partial charge in [-0.2, -0.15) is 13.2 Å². The molecule has 1 unspecified atom stereocenters. The van der Waals surface area contributed by atoms with Crippen LogP contribution in [0, 0.1) is 5.92 Å². The van der Waals surface area contributed by atoms with E-state index in [1.807, 2.05) is 13.8 Å². The number of alkyl halides is 3. The van der Waals surface area contributed by atoms with Crippen LogP contribution in [-0.4, -0.2) is 11.2 Å². The molecular formula is C13H18Cl2F3NO. The Morgan fingerprint density at radius 3 is 2.30 bits per heavy atom. The van der Waals surface area contributed by atoms with Gasteiger partial charge in [0.25, 0.3) is 0 Å². The normalized spacial score (nSPS) is 16.2. The average molecular weight is 332 g/mol. The SMILES string of the molecule is CCC(C)[C@@H](O)[C@@H](N)c1ccc(C(F)(F)F)c(Cl)c1.Cl. The third-order valence-electron chi connectivity index (χ3n) is 3.28. The zero-order valence-electron chi connectivity index (χ0n) is 11.1. The smallest absolute Gasteiger partial charge is 0.391 e. The molecule has 20 heavy (non-hydrogen) atoms. The lowest BCUT2D eigenvalue weighted by atomic mass is 9.91. The minimum Gasteiger partial charge on any atom is -0.391 e. The topological polar surface area (TPSA) is 46.2 Å². The van der Waals surface area contributed by atoms with Gasteiger partial charge in [-0.15, -0.1) is 12.4 Å². The lowest BCUT2D eigenvalue weighted by molar-refractivity contribution is -0.137. The van der Waals surface area contributed by atoms with Crippen molar-refractivity contribution < 1.29 is 18.3 Å². The van der Waals surface area contributed by atoms with E-state index in [0.29, 0.717) is 5.56 Å². The molecule has 0 aliphatic carbocycles. The third kappa shape index (κ3) is 4.52. The maximum atomic E-state index is 12.6.